The van der Waals surface area contributed by atoms with Crippen molar-refractivity contribution in [2.24, 2.45) is 0 Å². The third-order valence-corrected chi connectivity index (χ3v) is 8.43. The molecule has 1 saturated heterocycles. The summed E-state index contributed by atoms with van der Waals surface area (Å²) < 4.78 is 25.0. The predicted octanol–water partition coefficient (Wildman–Crippen LogP) is 6.56. The van der Waals surface area contributed by atoms with Crippen LogP contribution in [0.5, 0.6) is 11.5 Å². The molecule has 4 aromatic rings. The third kappa shape index (κ3) is 6.22. The largest absolute Gasteiger partial charge is 0.507 e. The standard InChI is InChI=1S/C31H26FN3O5S2/c1-3-16-40-24-7-5-6-21(17-24)26-25(27(36)20-10-14-23(15-11-20)39-4-2)28(37)29(38)35(26)30-33-34-31(42-30)41-18-19-8-12-22(32)13-9-19/h3,5-15,17,26,36H,1,4,16,18H2,2H3/b27-25+. The Morgan fingerprint density at radius 2 is 1.83 bits per heavy atom. The number of carbonyl (C=O) groups is 2. The van der Waals surface area contributed by atoms with Gasteiger partial charge >= 0.3 is 5.91 Å². The minimum Gasteiger partial charge on any atom is -0.507 e. The number of thioether (sulfide) groups is 1. The van der Waals surface area contributed by atoms with Crippen molar-refractivity contribution in [1.82, 2.24) is 10.2 Å². The van der Waals surface area contributed by atoms with Gasteiger partial charge in [-0.3, -0.25) is 14.5 Å². The topological polar surface area (TPSA) is 102 Å². The highest BCUT2D eigenvalue weighted by Gasteiger charge is 2.48. The van der Waals surface area contributed by atoms with Crippen molar-refractivity contribution in [3.05, 3.63) is 114 Å². The lowest BCUT2D eigenvalue weighted by molar-refractivity contribution is -0.132. The SMILES string of the molecule is C=CCOc1cccc(C2/C(=C(\O)c3ccc(OCC)cc3)C(=O)C(=O)N2c2nnc(SCc3ccc(F)cc3)s2)c1. The number of aromatic nitrogens is 2. The number of amides is 1. The summed E-state index contributed by atoms with van der Waals surface area (Å²) in [5.74, 6) is -0.698. The highest BCUT2D eigenvalue weighted by molar-refractivity contribution is 8.00. The number of rotatable bonds is 11. The first-order chi connectivity index (χ1) is 20.4. The van der Waals surface area contributed by atoms with E-state index in [1.807, 2.05) is 6.92 Å². The number of carbonyl (C=O) groups excluding carboxylic acids is 2. The quantitative estimate of drug-likeness (QED) is 0.0514. The maximum atomic E-state index is 13.5. The second-order valence-electron chi connectivity index (χ2n) is 9.06. The van der Waals surface area contributed by atoms with Gasteiger partial charge in [-0.1, -0.05) is 60.0 Å². The molecular formula is C31H26FN3O5S2. The van der Waals surface area contributed by atoms with E-state index in [1.165, 1.54) is 28.8 Å². The van der Waals surface area contributed by atoms with E-state index >= 15 is 0 Å². The Morgan fingerprint density at radius 1 is 1.07 bits per heavy atom. The summed E-state index contributed by atoms with van der Waals surface area (Å²) in [6.07, 6.45) is 1.61. The molecule has 1 aliphatic rings. The molecule has 0 radical (unpaired) electrons. The fourth-order valence-electron chi connectivity index (χ4n) is 4.39. The van der Waals surface area contributed by atoms with Crippen LogP contribution >= 0.6 is 23.1 Å². The van der Waals surface area contributed by atoms with E-state index in [-0.39, 0.29) is 28.9 Å². The van der Waals surface area contributed by atoms with E-state index in [0.29, 0.717) is 39.3 Å². The van der Waals surface area contributed by atoms with Crippen molar-refractivity contribution in [2.45, 2.75) is 23.1 Å². The highest BCUT2D eigenvalue weighted by Crippen LogP contribution is 2.44. The van der Waals surface area contributed by atoms with Gasteiger partial charge in [0.25, 0.3) is 5.78 Å². The van der Waals surface area contributed by atoms with E-state index in [0.717, 1.165) is 16.9 Å². The summed E-state index contributed by atoms with van der Waals surface area (Å²) in [4.78, 5) is 28.3. The number of benzene rings is 3. The first-order valence-corrected chi connectivity index (χ1v) is 14.8. The molecule has 1 atom stereocenters. The van der Waals surface area contributed by atoms with Gasteiger partial charge < -0.3 is 14.6 Å². The van der Waals surface area contributed by atoms with Crippen molar-refractivity contribution < 1.29 is 28.6 Å². The van der Waals surface area contributed by atoms with Crippen LogP contribution in [0.15, 0.2) is 95.4 Å². The number of ether oxygens (including phenoxy) is 2. The van der Waals surface area contributed by atoms with Crippen LogP contribution in [-0.2, 0) is 15.3 Å². The highest BCUT2D eigenvalue weighted by atomic mass is 32.2. The Morgan fingerprint density at radius 3 is 2.55 bits per heavy atom. The Kier molecular flexibility index (Phi) is 8.99. The predicted molar refractivity (Wildman–Crippen MR) is 160 cm³/mol. The normalized spacial score (nSPS) is 16.0. The molecule has 1 aromatic heterocycles. The Labute approximate surface area is 250 Å². The van der Waals surface area contributed by atoms with Gasteiger partial charge in [-0.15, -0.1) is 10.2 Å². The number of halogens is 1. The molecular weight excluding hydrogens is 577 g/mol. The van der Waals surface area contributed by atoms with Gasteiger partial charge in [0, 0.05) is 11.3 Å². The number of nitrogens with zero attached hydrogens (tertiary/aromatic N) is 3. The molecule has 0 spiro atoms. The van der Waals surface area contributed by atoms with Crippen molar-refractivity contribution in [3.63, 3.8) is 0 Å². The molecule has 1 fully saturated rings. The zero-order chi connectivity index (χ0) is 29.6. The molecule has 11 heteroatoms. The lowest BCUT2D eigenvalue weighted by Crippen LogP contribution is -2.29. The summed E-state index contributed by atoms with van der Waals surface area (Å²) in [6.45, 7) is 6.28. The van der Waals surface area contributed by atoms with E-state index < -0.39 is 17.7 Å². The smallest absolute Gasteiger partial charge is 0.301 e. The summed E-state index contributed by atoms with van der Waals surface area (Å²) in [6, 6.07) is 18.7. The van der Waals surface area contributed by atoms with Crippen LogP contribution in [0, 0.1) is 5.82 Å². The zero-order valence-corrected chi connectivity index (χ0v) is 24.2. The summed E-state index contributed by atoms with van der Waals surface area (Å²) >= 11 is 2.52. The minimum atomic E-state index is -0.994. The van der Waals surface area contributed by atoms with Gasteiger partial charge in [0.15, 0.2) is 4.34 Å². The van der Waals surface area contributed by atoms with Crippen LogP contribution in [0.2, 0.25) is 0 Å². The molecule has 42 heavy (non-hydrogen) atoms. The van der Waals surface area contributed by atoms with Crippen molar-refractivity contribution in [1.29, 1.82) is 0 Å². The number of hydrogen-bond acceptors (Lipinski definition) is 9. The van der Waals surface area contributed by atoms with Crippen LogP contribution in [0.4, 0.5) is 9.52 Å². The van der Waals surface area contributed by atoms with Crippen LogP contribution in [-0.4, -0.2) is 40.2 Å². The number of aliphatic hydroxyl groups excluding tert-OH is 1. The van der Waals surface area contributed by atoms with Crippen LogP contribution < -0.4 is 14.4 Å². The molecule has 0 bridgehead atoms. The molecule has 1 unspecified atom stereocenters. The Balaban J connectivity index is 1.53. The average molecular weight is 604 g/mol. The number of Topliss-reactive ketones (excluding diaryl/α,β-unsaturated/α-hetero) is 1. The molecule has 2 heterocycles. The second-order valence-corrected chi connectivity index (χ2v) is 11.2. The Bertz CT molecular complexity index is 1640. The first kappa shape index (κ1) is 29.0. The van der Waals surface area contributed by atoms with Crippen molar-refractivity contribution >= 4 is 45.7 Å². The summed E-state index contributed by atoms with van der Waals surface area (Å²) in [7, 11) is 0. The first-order valence-electron chi connectivity index (χ1n) is 13.0. The zero-order valence-electron chi connectivity index (χ0n) is 22.5. The van der Waals surface area contributed by atoms with Gasteiger partial charge in [-0.2, -0.15) is 0 Å². The fourth-order valence-corrected chi connectivity index (χ4v) is 6.21. The summed E-state index contributed by atoms with van der Waals surface area (Å²) in [5.41, 5.74) is 1.71. The van der Waals surface area contributed by atoms with E-state index in [2.05, 4.69) is 16.8 Å². The number of aliphatic hydroxyl groups is 1. The molecule has 0 aliphatic carbocycles. The molecule has 1 aliphatic heterocycles. The Hall–Kier alpha value is -4.48. The van der Waals surface area contributed by atoms with Crippen molar-refractivity contribution in [2.75, 3.05) is 18.1 Å². The maximum Gasteiger partial charge on any atom is 0.301 e. The van der Waals surface area contributed by atoms with E-state index in [9.17, 15) is 19.1 Å². The number of ketones is 1. The maximum absolute atomic E-state index is 13.5. The minimum absolute atomic E-state index is 0.0826. The van der Waals surface area contributed by atoms with Gasteiger partial charge in [-0.05, 0) is 66.6 Å². The van der Waals surface area contributed by atoms with Crippen molar-refractivity contribution in [3.8, 4) is 11.5 Å². The van der Waals surface area contributed by atoms with Crippen LogP contribution in [0.3, 0.4) is 0 Å². The van der Waals surface area contributed by atoms with Crippen LogP contribution in [0.1, 0.15) is 29.7 Å². The monoisotopic (exact) mass is 603 g/mol. The van der Waals surface area contributed by atoms with E-state index in [1.54, 1.807) is 66.7 Å². The van der Waals surface area contributed by atoms with Gasteiger partial charge in [0.05, 0.1) is 18.2 Å². The molecule has 1 amide bonds. The van der Waals surface area contributed by atoms with Gasteiger partial charge in [-0.25, -0.2) is 4.39 Å². The summed E-state index contributed by atoms with van der Waals surface area (Å²) in [5, 5.41) is 20.1. The average Bonchev–Trinajstić information content (AvgIpc) is 3.58. The lowest BCUT2D eigenvalue weighted by atomic mass is 9.95. The molecule has 8 nitrogen and oxygen atoms in total. The third-order valence-electron chi connectivity index (χ3n) is 6.30. The number of hydrogen-bond donors (Lipinski definition) is 1. The molecule has 1 N–H and O–H groups in total. The second kappa shape index (κ2) is 13.0. The van der Waals surface area contributed by atoms with Gasteiger partial charge in [0.1, 0.15) is 29.7 Å². The van der Waals surface area contributed by atoms with E-state index in [4.69, 9.17) is 9.47 Å². The van der Waals surface area contributed by atoms with Crippen LogP contribution in [0.25, 0.3) is 5.76 Å². The molecule has 214 valence electrons. The molecule has 3 aromatic carbocycles. The number of anilines is 1. The molecule has 0 saturated carbocycles. The lowest BCUT2D eigenvalue weighted by Gasteiger charge is -2.23. The fraction of sp³-hybridized carbons (Fsp3) is 0.161. The molecule has 5 rings (SSSR count). The van der Waals surface area contributed by atoms with Gasteiger partial charge in [0.2, 0.25) is 5.13 Å².